The third kappa shape index (κ3) is 5.89. The molecule has 1 rings (SSSR count). The highest BCUT2D eigenvalue weighted by atomic mass is 28.4. The molecule has 0 aliphatic heterocycles. The molecular weight excluding hydrogens is 290 g/mol. The summed E-state index contributed by atoms with van der Waals surface area (Å²) in [5, 5.41) is 0.201. The molecule has 118 valence electrons. The lowest BCUT2D eigenvalue weighted by Crippen LogP contribution is -2.42. The highest BCUT2D eigenvalue weighted by molar-refractivity contribution is 6.75. The van der Waals surface area contributed by atoms with Crippen molar-refractivity contribution in [3.8, 4) is 0 Å². The third-order valence-electron chi connectivity index (χ3n) is 3.95. The number of hydrogen-bond acceptors (Lipinski definition) is 2. The minimum absolute atomic E-state index is 0.0289. The second kappa shape index (κ2) is 6.59. The van der Waals surface area contributed by atoms with E-state index in [0.29, 0.717) is 0 Å². The zero-order valence-electron chi connectivity index (χ0n) is 14.9. The summed E-state index contributed by atoms with van der Waals surface area (Å²) in [6.45, 7) is 18.2. The van der Waals surface area contributed by atoms with Crippen molar-refractivity contribution in [1.82, 2.24) is 0 Å². The fourth-order valence-electron chi connectivity index (χ4n) is 1.61. The van der Waals surface area contributed by atoms with Crippen LogP contribution < -0.4 is 0 Å². The van der Waals surface area contributed by atoms with Crippen LogP contribution in [-0.2, 0) is 4.43 Å². The molecule has 0 fully saturated rings. The Balaban J connectivity index is 3.07. The molecule has 4 heteroatoms. The maximum absolute atomic E-state index is 6.60. The molecule has 0 spiro atoms. The molecule has 1 aromatic rings. The van der Waals surface area contributed by atoms with E-state index in [1.165, 1.54) is 5.56 Å². The normalized spacial score (nSPS) is 15.4. The topological polar surface area (TPSA) is 21.6 Å². The Labute approximate surface area is 132 Å². The van der Waals surface area contributed by atoms with Gasteiger partial charge in [0.1, 0.15) is 6.10 Å². The van der Waals surface area contributed by atoms with Gasteiger partial charge in [0.05, 0.1) is 0 Å². The highest BCUT2D eigenvalue weighted by Crippen LogP contribution is 2.39. The Morgan fingerprint density at radius 1 is 1.00 bits per heavy atom. The first-order chi connectivity index (χ1) is 9.42. The van der Waals surface area contributed by atoms with E-state index in [-0.39, 0.29) is 11.1 Å². The fraction of sp³-hybridized carbons (Fsp3) is 0.588. The average molecular weight is 322 g/mol. The van der Waals surface area contributed by atoms with E-state index in [9.17, 15) is 0 Å². The van der Waals surface area contributed by atoms with Crippen LogP contribution in [0.1, 0.15) is 32.4 Å². The Hall–Kier alpha value is -0.716. The lowest BCUT2D eigenvalue weighted by atomic mass is 10.1. The first kappa shape index (κ1) is 18.3. The van der Waals surface area contributed by atoms with Gasteiger partial charge in [-0.15, -0.1) is 0 Å². The summed E-state index contributed by atoms with van der Waals surface area (Å²) in [6, 6.07) is 10.4. The summed E-state index contributed by atoms with van der Waals surface area (Å²) in [6.07, 6.45) is 2.01. The van der Waals surface area contributed by atoms with Crippen LogP contribution in [0.15, 0.2) is 35.0 Å². The molecule has 0 N–H and O–H groups in total. The van der Waals surface area contributed by atoms with Gasteiger partial charge in [0.15, 0.2) is 16.6 Å². The Morgan fingerprint density at radius 3 is 1.95 bits per heavy atom. The van der Waals surface area contributed by atoms with Crippen molar-refractivity contribution in [1.29, 1.82) is 0 Å². The fourth-order valence-corrected chi connectivity index (χ4v) is 3.38. The quantitative estimate of drug-likeness (QED) is 0.507. The zero-order valence-corrected chi connectivity index (χ0v) is 16.9. The van der Waals surface area contributed by atoms with Crippen LogP contribution in [-0.4, -0.2) is 22.8 Å². The molecule has 0 aliphatic rings. The van der Waals surface area contributed by atoms with Gasteiger partial charge in [-0.3, -0.25) is 0 Å². The molecule has 0 heterocycles. The average Bonchev–Trinajstić information content (AvgIpc) is 2.33. The van der Waals surface area contributed by atoms with Crippen LogP contribution in [0.5, 0.6) is 0 Å². The largest absolute Gasteiger partial charge is 0.405 e. The highest BCUT2D eigenvalue weighted by Gasteiger charge is 2.39. The van der Waals surface area contributed by atoms with Crippen LogP contribution in [0, 0.1) is 0 Å². The van der Waals surface area contributed by atoms with Crippen molar-refractivity contribution in [3.63, 3.8) is 0 Å². The second-order valence-corrected chi connectivity index (χ2v) is 17.5. The Kier molecular flexibility index (Phi) is 5.75. The number of benzene rings is 1. The van der Waals surface area contributed by atoms with E-state index >= 15 is 0 Å². The van der Waals surface area contributed by atoms with Gasteiger partial charge in [0.2, 0.25) is 0 Å². The minimum Gasteiger partial charge on any atom is -0.405 e. The first-order valence-electron chi connectivity index (χ1n) is 7.70. The summed E-state index contributed by atoms with van der Waals surface area (Å²) in [5.41, 5.74) is 1.20. The summed E-state index contributed by atoms with van der Waals surface area (Å²) in [7, 11) is -3.29. The van der Waals surface area contributed by atoms with Gasteiger partial charge in [0.25, 0.3) is 0 Å². The Morgan fingerprint density at radius 2 is 1.52 bits per heavy atom. The van der Waals surface area contributed by atoms with Crippen molar-refractivity contribution in [3.05, 3.63) is 35.9 Å². The maximum Gasteiger partial charge on any atom is 0.193 e. The van der Waals surface area contributed by atoms with Crippen LogP contribution in [0.25, 0.3) is 0 Å². The van der Waals surface area contributed by atoms with E-state index in [1.807, 2.05) is 12.3 Å². The van der Waals surface area contributed by atoms with Gasteiger partial charge in [-0.05, 0) is 43.3 Å². The van der Waals surface area contributed by atoms with Gasteiger partial charge in [-0.2, -0.15) is 0 Å². The molecule has 1 aromatic carbocycles. The van der Waals surface area contributed by atoms with Gasteiger partial charge < -0.3 is 9.08 Å². The maximum atomic E-state index is 6.60. The number of rotatable bonds is 5. The number of nitrogens with zero attached hydrogens (tertiary/aromatic N) is 1. The van der Waals surface area contributed by atoms with Crippen LogP contribution in [0.3, 0.4) is 0 Å². The predicted molar refractivity (Wildman–Crippen MR) is 99.3 cm³/mol. The summed E-state index contributed by atoms with van der Waals surface area (Å²) in [5.74, 6) is 0. The van der Waals surface area contributed by atoms with Gasteiger partial charge >= 0.3 is 0 Å². The zero-order chi connectivity index (χ0) is 16.3. The monoisotopic (exact) mass is 321 g/mol. The van der Waals surface area contributed by atoms with Crippen molar-refractivity contribution in [2.45, 2.75) is 64.6 Å². The molecule has 0 aliphatic carbocycles. The van der Waals surface area contributed by atoms with E-state index in [2.05, 4.69) is 77.8 Å². The summed E-state index contributed by atoms with van der Waals surface area (Å²) >= 11 is 0. The van der Waals surface area contributed by atoms with Gasteiger partial charge in [-0.25, -0.2) is 0 Å². The van der Waals surface area contributed by atoms with Crippen LogP contribution in [0.4, 0.5) is 0 Å². The molecule has 1 atom stereocenters. The van der Waals surface area contributed by atoms with Gasteiger partial charge in [0, 0.05) is 6.21 Å². The first-order valence-corrected chi connectivity index (χ1v) is 14.1. The van der Waals surface area contributed by atoms with Crippen LogP contribution >= 0.6 is 0 Å². The predicted octanol–water partition coefficient (Wildman–Crippen LogP) is 5.66. The van der Waals surface area contributed by atoms with Crippen molar-refractivity contribution in [2.75, 3.05) is 0 Å². The molecular formula is C17H31NOSi2. The standard InChI is InChI=1S/C17H31NOSi2/c1-17(2,3)21(7,8)19-16(14-18-20(4,5)6)15-12-10-9-11-13-15/h9-14,16H,1-8H3/b18-14+/t16-/m1/s1. The molecule has 0 bridgehead atoms. The molecule has 21 heavy (non-hydrogen) atoms. The lowest BCUT2D eigenvalue weighted by molar-refractivity contribution is 0.251. The summed E-state index contributed by atoms with van der Waals surface area (Å²) < 4.78 is 11.4. The summed E-state index contributed by atoms with van der Waals surface area (Å²) in [4.78, 5) is 0. The van der Waals surface area contributed by atoms with Gasteiger partial charge in [-0.1, -0.05) is 51.1 Å². The third-order valence-corrected chi connectivity index (χ3v) is 9.33. The van der Waals surface area contributed by atoms with E-state index in [4.69, 9.17) is 9.08 Å². The smallest absolute Gasteiger partial charge is 0.193 e. The minimum atomic E-state index is -1.82. The number of hydrogen-bond donors (Lipinski definition) is 0. The van der Waals surface area contributed by atoms with Crippen molar-refractivity contribution in [2.24, 2.45) is 4.66 Å². The SMILES string of the molecule is CC(C)(C)[Si](C)(C)O[C@H](/C=N/[Si](C)(C)C)c1ccccc1. The van der Waals surface area contributed by atoms with E-state index in [0.717, 1.165) is 0 Å². The lowest BCUT2D eigenvalue weighted by Gasteiger charge is -2.38. The van der Waals surface area contributed by atoms with Crippen LogP contribution in [0.2, 0.25) is 37.8 Å². The second-order valence-electron chi connectivity index (χ2n) is 8.16. The molecule has 0 unspecified atom stereocenters. The Bertz CT molecular complexity index is 470. The molecule has 0 aromatic heterocycles. The molecule has 0 saturated carbocycles. The van der Waals surface area contributed by atoms with E-state index < -0.39 is 16.6 Å². The molecule has 0 amide bonds. The van der Waals surface area contributed by atoms with E-state index in [1.54, 1.807) is 0 Å². The van der Waals surface area contributed by atoms with Crippen molar-refractivity contribution >= 4 is 22.8 Å². The van der Waals surface area contributed by atoms with Crippen molar-refractivity contribution < 1.29 is 4.43 Å². The molecule has 0 radical (unpaired) electrons. The molecule has 0 saturated heterocycles. The molecule has 2 nitrogen and oxygen atoms in total.